The molecule has 126 valence electrons. The van der Waals surface area contributed by atoms with Crippen molar-refractivity contribution in [2.45, 2.75) is 13.8 Å². The summed E-state index contributed by atoms with van der Waals surface area (Å²) >= 11 is 0. The van der Waals surface area contributed by atoms with Crippen molar-refractivity contribution < 1.29 is 13.5 Å². The van der Waals surface area contributed by atoms with Crippen molar-refractivity contribution in [3.05, 3.63) is 53.2 Å². The number of imidazole rings is 1. The van der Waals surface area contributed by atoms with Gasteiger partial charge in [-0.1, -0.05) is 12.1 Å². The van der Waals surface area contributed by atoms with Gasteiger partial charge >= 0.3 is 0 Å². The second-order valence-corrected chi connectivity index (χ2v) is 5.77. The Morgan fingerprint density at radius 2 is 1.84 bits per heavy atom. The first-order valence-corrected chi connectivity index (χ1v) is 7.65. The lowest BCUT2D eigenvalue weighted by Crippen LogP contribution is -2.01. The summed E-state index contributed by atoms with van der Waals surface area (Å²) < 4.78 is 35.2. The van der Waals surface area contributed by atoms with E-state index in [1.807, 2.05) is 0 Å². The van der Waals surface area contributed by atoms with Crippen molar-refractivity contribution in [1.82, 2.24) is 19.6 Å². The molecule has 4 aromatic rings. The number of halogens is 2. The molecule has 0 atom stereocenters. The lowest BCUT2D eigenvalue weighted by molar-refractivity contribution is 0.412. The molecule has 4 rings (SSSR count). The van der Waals surface area contributed by atoms with Crippen LogP contribution in [0.2, 0.25) is 0 Å². The molecule has 0 amide bonds. The van der Waals surface area contributed by atoms with Gasteiger partial charge in [-0.2, -0.15) is 0 Å². The van der Waals surface area contributed by atoms with Crippen LogP contribution >= 0.6 is 0 Å². The Balaban J connectivity index is 2.19. The molecule has 5 nitrogen and oxygen atoms in total. The Labute approximate surface area is 141 Å². The van der Waals surface area contributed by atoms with E-state index in [0.29, 0.717) is 39.6 Å². The summed E-state index contributed by atoms with van der Waals surface area (Å²) in [6.07, 6.45) is 0. The van der Waals surface area contributed by atoms with Crippen LogP contribution in [0.3, 0.4) is 0 Å². The fourth-order valence-electron chi connectivity index (χ4n) is 2.94. The molecule has 0 N–H and O–H groups in total. The van der Waals surface area contributed by atoms with Gasteiger partial charge in [0.25, 0.3) is 0 Å². The number of methoxy groups -OCH3 is 1. The highest BCUT2D eigenvalue weighted by atomic mass is 19.1. The van der Waals surface area contributed by atoms with Crippen molar-refractivity contribution in [3.8, 4) is 17.1 Å². The average Bonchev–Trinajstić information content (AvgIpc) is 2.94. The summed E-state index contributed by atoms with van der Waals surface area (Å²) in [5.74, 6) is -0.0383. The van der Waals surface area contributed by atoms with E-state index in [-0.39, 0.29) is 11.3 Å². The minimum atomic E-state index is -0.544. The molecule has 0 unspecified atom stereocenters. The molecule has 0 spiro atoms. The molecule has 0 fully saturated rings. The molecule has 0 aliphatic carbocycles. The number of rotatable bonds is 2. The fourth-order valence-corrected chi connectivity index (χ4v) is 2.94. The third-order valence-corrected chi connectivity index (χ3v) is 4.27. The van der Waals surface area contributed by atoms with Crippen LogP contribution in [0.5, 0.6) is 5.75 Å². The Kier molecular flexibility index (Phi) is 3.38. The monoisotopic (exact) mass is 340 g/mol. The maximum atomic E-state index is 14.4. The van der Waals surface area contributed by atoms with Crippen LogP contribution < -0.4 is 4.74 Å². The van der Waals surface area contributed by atoms with E-state index in [2.05, 4.69) is 15.2 Å². The number of benzene rings is 2. The molecule has 0 saturated heterocycles. The summed E-state index contributed by atoms with van der Waals surface area (Å²) in [4.78, 5) is 4.53. The summed E-state index contributed by atoms with van der Waals surface area (Å²) in [7, 11) is 1.46. The molecule has 0 radical (unpaired) electrons. The van der Waals surface area contributed by atoms with E-state index in [0.717, 1.165) is 0 Å². The predicted octanol–water partition coefficient (Wildman–Crippen LogP) is 3.85. The normalized spacial score (nSPS) is 11.4. The standard InChI is InChI=1S/C18H14F2N4O/c1-9-12(5-4-6-13(9)19)18-21-10(2)17-23-22-16-14(20)7-11(25-3)8-15(16)24(17)18/h4-8H,1-3H3. The molecule has 0 saturated carbocycles. The maximum absolute atomic E-state index is 14.4. The molecule has 0 bridgehead atoms. The first-order chi connectivity index (χ1) is 12.0. The second-order valence-electron chi connectivity index (χ2n) is 5.77. The van der Waals surface area contributed by atoms with E-state index < -0.39 is 5.82 Å². The van der Waals surface area contributed by atoms with Gasteiger partial charge in [0, 0.05) is 17.7 Å². The van der Waals surface area contributed by atoms with E-state index in [9.17, 15) is 8.78 Å². The topological polar surface area (TPSA) is 52.3 Å². The van der Waals surface area contributed by atoms with Crippen LogP contribution in [-0.4, -0.2) is 26.7 Å². The number of nitrogens with zero attached hydrogens (tertiary/aromatic N) is 4. The van der Waals surface area contributed by atoms with Gasteiger partial charge in [-0.05, 0) is 25.5 Å². The average molecular weight is 340 g/mol. The number of ether oxygens (including phenoxy) is 1. The molecule has 2 aromatic carbocycles. The zero-order valence-electron chi connectivity index (χ0n) is 13.8. The van der Waals surface area contributed by atoms with Crippen LogP contribution in [-0.2, 0) is 0 Å². The van der Waals surface area contributed by atoms with Crippen molar-refractivity contribution in [3.63, 3.8) is 0 Å². The van der Waals surface area contributed by atoms with Crippen molar-refractivity contribution >= 4 is 16.7 Å². The number of fused-ring (bicyclic) bond motifs is 3. The van der Waals surface area contributed by atoms with Gasteiger partial charge < -0.3 is 4.74 Å². The largest absolute Gasteiger partial charge is 0.497 e. The van der Waals surface area contributed by atoms with Gasteiger partial charge in [-0.3, -0.25) is 4.40 Å². The van der Waals surface area contributed by atoms with Gasteiger partial charge in [-0.25, -0.2) is 13.8 Å². The van der Waals surface area contributed by atoms with Gasteiger partial charge in [0.05, 0.1) is 18.3 Å². The lowest BCUT2D eigenvalue weighted by Gasteiger charge is -2.09. The van der Waals surface area contributed by atoms with Crippen LogP contribution in [0.15, 0.2) is 30.3 Å². The lowest BCUT2D eigenvalue weighted by atomic mass is 10.1. The molecule has 25 heavy (non-hydrogen) atoms. The Hall–Kier alpha value is -3.09. The third-order valence-electron chi connectivity index (χ3n) is 4.27. The smallest absolute Gasteiger partial charge is 0.183 e. The van der Waals surface area contributed by atoms with E-state index in [1.165, 1.54) is 19.2 Å². The zero-order chi connectivity index (χ0) is 17.7. The van der Waals surface area contributed by atoms with E-state index >= 15 is 0 Å². The summed E-state index contributed by atoms with van der Waals surface area (Å²) in [5.41, 5.74) is 2.74. The molecule has 2 heterocycles. The molecule has 0 aliphatic heterocycles. The first kappa shape index (κ1) is 15.4. The first-order valence-electron chi connectivity index (χ1n) is 7.65. The minimum Gasteiger partial charge on any atom is -0.497 e. The molecular formula is C18H14F2N4O. The minimum absolute atomic E-state index is 0.0982. The highest BCUT2D eigenvalue weighted by Crippen LogP contribution is 2.30. The summed E-state index contributed by atoms with van der Waals surface area (Å²) in [5, 5.41) is 8.08. The number of aromatic nitrogens is 4. The Bertz CT molecular complexity index is 1140. The Morgan fingerprint density at radius 3 is 2.60 bits per heavy atom. The second kappa shape index (κ2) is 5.47. The predicted molar refractivity (Wildman–Crippen MR) is 89.7 cm³/mol. The van der Waals surface area contributed by atoms with Gasteiger partial charge in [0.15, 0.2) is 11.5 Å². The molecule has 2 aromatic heterocycles. The Morgan fingerprint density at radius 1 is 1.04 bits per heavy atom. The summed E-state index contributed by atoms with van der Waals surface area (Å²) in [6, 6.07) is 7.70. The van der Waals surface area contributed by atoms with Crippen molar-refractivity contribution in [2.24, 2.45) is 0 Å². The zero-order valence-corrected chi connectivity index (χ0v) is 13.8. The highest BCUT2D eigenvalue weighted by molar-refractivity contribution is 5.82. The SMILES string of the molecule is COc1cc(F)c2nnc3c(C)nc(-c4cccc(F)c4C)n3c2c1. The van der Waals surface area contributed by atoms with Crippen LogP contribution in [0, 0.1) is 25.5 Å². The van der Waals surface area contributed by atoms with Gasteiger partial charge in [-0.15, -0.1) is 10.2 Å². The number of hydrogen-bond acceptors (Lipinski definition) is 4. The van der Waals surface area contributed by atoms with Gasteiger partial charge in [0.1, 0.15) is 22.9 Å². The van der Waals surface area contributed by atoms with E-state index in [4.69, 9.17) is 4.74 Å². The molecular weight excluding hydrogens is 326 g/mol. The molecule has 0 aliphatic rings. The quantitative estimate of drug-likeness (QED) is 0.556. The molecule has 7 heteroatoms. The summed E-state index contributed by atoms with van der Waals surface area (Å²) in [6.45, 7) is 3.46. The van der Waals surface area contributed by atoms with Crippen molar-refractivity contribution in [2.75, 3.05) is 7.11 Å². The van der Waals surface area contributed by atoms with Crippen LogP contribution in [0.1, 0.15) is 11.3 Å². The fraction of sp³-hybridized carbons (Fsp3) is 0.167. The third kappa shape index (κ3) is 2.23. The maximum Gasteiger partial charge on any atom is 0.183 e. The van der Waals surface area contributed by atoms with Crippen molar-refractivity contribution in [1.29, 1.82) is 0 Å². The van der Waals surface area contributed by atoms with Crippen LogP contribution in [0.4, 0.5) is 8.78 Å². The highest BCUT2D eigenvalue weighted by Gasteiger charge is 2.19. The number of hydrogen-bond donors (Lipinski definition) is 0. The number of aryl methyl sites for hydroxylation is 1. The van der Waals surface area contributed by atoms with Gasteiger partial charge in [0.2, 0.25) is 0 Å². The van der Waals surface area contributed by atoms with Crippen LogP contribution in [0.25, 0.3) is 28.1 Å². The van der Waals surface area contributed by atoms with E-state index in [1.54, 1.807) is 36.4 Å².